The van der Waals surface area contributed by atoms with Crippen molar-refractivity contribution in [2.45, 2.75) is 17.6 Å². The smallest absolute Gasteiger partial charge is 0.288 e. The van der Waals surface area contributed by atoms with E-state index in [9.17, 15) is 13.6 Å². The second kappa shape index (κ2) is 7.79. The molecule has 0 atom stereocenters. The Balaban J connectivity index is 1.85. The monoisotopic (exact) mass is 323 g/mol. The van der Waals surface area contributed by atoms with Gasteiger partial charge in [-0.25, -0.2) is 0 Å². The Labute approximate surface area is 131 Å². The third-order valence-electron chi connectivity index (χ3n) is 2.82. The standard InChI is InChI=1S/C16H15F2NO2S/c1-11-4-2-3-5-14(11)21-10-15(20)19-12-6-8-13(9-7-12)22-16(17)18/h2-9,16H,10H2,1H3,(H,19,20). The van der Waals surface area contributed by atoms with Crippen LogP contribution in [0.5, 0.6) is 5.75 Å². The SMILES string of the molecule is Cc1ccccc1OCC(=O)Nc1ccc(SC(F)F)cc1. The molecule has 0 bridgehead atoms. The van der Waals surface area contributed by atoms with Crippen LogP contribution < -0.4 is 10.1 Å². The van der Waals surface area contributed by atoms with E-state index in [0.717, 1.165) is 5.56 Å². The van der Waals surface area contributed by atoms with Gasteiger partial charge in [0.25, 0.3) is 11.7 Å². The molecule has 2 aromatic rings. The minimum Gasteiger partial charge on any atom is -0.483 e. The van der Waals surface area contributed by atoms with Crippen LogP contribution in [-0.2, 0) is 4.79 Å². The van der Waals surface area contributed by atoms with Crippen LogP contribution in [-0.4, -0.2) is 18.3 Å². The van der Waals surface area contributed by atoms with Crippen LogP contribution in [0.1, 0.15) is 5.56 Å². The van der Waals surface area contributed by atoms with Crippen molar-refractivity contribution in [2.24, 2.45) is 0 Å². The zero-order valence-corrected chi connectivity index (χ0v) is 12.7. The third kappa shape index (κ3) is 5.04. The number of alkyl halides is 2. The second-order valence-corrected chi connectivity index (χ2v) is 5.57. The first-order valence-electron chi connectivity index (χ1n) is 6.58. The molecule has 0 heterocycles. The molecule has 0 radical (unpaired) electrons. The summed E-state index contributed by atoms with van der Waals surface area (Å²) < 4.78 is 29.8. The minimum atomic E-state index is -2.46. The van der Waals surface area contributed by atoms with Crippen molar-refractivity contribution in [3.63, 3.8) is 0 Å². The fourth-order valence-electron chi connectivity index (χ4n) is 1.78. The molecule has 0 aromatic heterocycles. The first-order chi connectivity index (χ1) is 10.5. The maximum absolute atomic E-state index is 12.2. The van der Waals surface area contributed by atoms with E-state index in [0.29, 0.717) is 28.1 Å². The molecule has 3 nitrogen and oxygen atoms in total. The lowest BCUT2D eigenvalue weighted by Gasteiger charge is -2.09. The van der Waals surface area contributed by atoms with E-state index in [2.05, 4.69) is 5.32 Å². The van der Waals surface area contributed by atoms with Crippen LogP contribution in [0.2, 0.25) is 0 Å². The summed E-state index contributed by atoms with van der Waals surface area (Å²) in [6.45, 7) is 1.78. The van der Waals surface area contributed by atoms with Gasteiger partial charge in [0.15, 0.2) is 6.61 Å². The van der Waals surface area contributed by atoms with Crippen molar-refractivity contribution in [1.29, 1.82) is 0 Å². The normalized spacial score (nSPS) is 10.5. The van der Waals surface area contributed by atoms with Crippen molar-refractivity contribution >= 4 is 23.4 Å². The molecule has 0 aliphatic rings. The lowest BCUT2D eigenvalue weighted by Crippen LogP contribution is -2.20. The molecule has 0 saturated heterocycles. The van der Waals surface area contributed by atoms with Gasteiger partial charge in [0.1, 0.15) is 5.75 Å². The molecular formula is C16H15F2NO2S. The third-order valence-corrected chi connectivity index (χ3v) is 3.54. The molecule has 6 heteroatoms. The molecule has 0 fully saturated rings. The van der Waals surface area contributed by atoms with Crippen molar-refractivity contribution < 1.29 is 18.3 Å². The Bertz CT molecular complexity index is 632. The Kier molecular flexibility index (Phi) is 5.77. The number of carbonyl (C=O) groups is 1. The molecule has 0 aliphatic carbocycles. The molecule has 0 unspecified atom stereocenters. The summed E-state index contributed by atoms with van der Waals surface area (Å²) in [7, 11) is 0. The molecule has 0 saturated carbocycles. The highest BCUT2D eigenvalue weighted by molar-refractivity contribution is 7.99. The number of hydrogen-bond acceptors (Lipinski definition) is 3. The summed E-state index contributed by atoms with van der Waals surface area (Å²) in [6.07, 6.45) is 0. The molecule has 1 N–H and O–H groups in total. The number of hydrogen-bond donors (Lipinski definition) is 1. The Morgan fingerprint density at radius 2 is 1.86 bits per heavy atom. The number of amides is 1. The summed E-state index contributed by atoms with van der Waals surface area (Å²) >= 11 is 0.464. The maximum atomic E-state index is 12.2. The van der Waals surface area contributed by atoms with Gasteiger partial charge in [-0.1, -0.05) is 30.0 Å². The zero-order valence-electron chi connectivity index (χ0n) is 11.9. The summed E-state index contributed by atoms with van der Waals surface area (Å²) in [4.78, 5) is 12.2. The van der Waals surface area contributed by atoms with Crippen LogP contribution in [0.4, 0.5) is 14.5 Å². The average Bonchev–Trinajstić information content (AvgIpc) is 2.48. The molecule has 2 aromatic carbocycles. The number of carbonyl (C=O) groups excluding carboxylic acids is 1. The molecular weight excluding hydrogens is 308 g/mol. The van der Waals surface area contributed by atoms with Gasteiger partial charge in [0, 0.05) is 10.6 Å². The Hall–Kier alpha value is -2.08. The van der Waals surface area contributed by atoms with Gasteiger partial charge in [-0.3, -0.25) is 4.79 Å². The topological polar surface area (TPSA) is 38.3 Å². The number of nitrogens with one attached hydrogen (secondary N) is 1. The van der Waals surface area contributed by atoms with E-state index in [1.54, 1.807) is 18.2 Å². The predicted octanol–water partition coefficient (Wildman–Crippen LogP) is 4.33. The van der Waals surface area contributed by atoms with E-state index >= 15 is 0 Å². The summed E-state index contributed by atoms with van der Waals surface area (Å²) in [5.41, 5.74) is 1.49. The van der Waals surface area contributed by atoms with E-state index in [1.165, 1.54) is 12.1 Å². The van der Waals surface area contributed by atoms with Crippen LogP contribution >= 0.6 is 11.8 Å². The summed E-state index contributed by atoms with van der Waals surface area (Å²) in [6, 6.07) is 13.6. The molecule has 116 valence electrons. The number of benzene rings is 2. The van der Waals surface area contributed by atoms with Crippen LogP contribution in [0.25, 0.3) is 0 Å². The average molecular weight is 323 g/mol. The lowest BCUT2D eigenvalue weighted by molar-refractivity contribution is -0.118. The zero-order chi connectivity index (χ0) is 15.9. The number of thioether (sulfide) groups is 1. The van der Waals surface area contributed by atoms with Gasteiger partial charge in [0.05, 0.1) is 0 Å². The number of aryl methyl sites for hydroxylation is 1. The number of para-hydroxylation sites is 1. The number of anilines is 1. The first-order valence-corrected chi connectivity index (χ1v) is 7.46. The Morgan fingerprint density at radius 3 is 2.50 bits per heavy atom. The van der Waals surface area contributed by atoms with Gasteiger partial charge in [-0.2, -0.15) is 8.78 Å². The fourth-order valence-corrected chi connectivity index (χ4v) is 2.28. The molecule has 1 amide bonds. The molecule has 0 aliphatic heterocycles. The van der Waals surface area contributed by atoms with Gasteiger partial charge >= 0.3 is 0 Å². The number of rotatable bonds is 6. The quantitative estimate of drug-likeness (QED) is 0.804. The largest absolute Gasteiger partial charge is 0.483 e. The molecule has 0 spiro atoms. The second-order valence-electron chi connectivity index (χ2n) is 4.51. The van der Waals surface area contributed by atoms with Gasteiger partial charge < -0.3 is 10.1 Å². The van der Waals surface area contributed by atoms with Gasteiger partial charge in [-0.05, 0) is 42.8 Å². The van der Waals surface area contributed by atoms with Crippen molar-refractivity contribution in [3.05, 3.63) is 54.1 Å². The molecule has 2 rings (SSSR count). The van der Waals surface area contributed by atoms with E-state index < -0.39 is 5.76 Å². The van der Waals surface area contributed by atoms with Crippen molar-refractivity contribution in [2.75, 3.05) is 11.9 Å². The highest BCUT2D eigenvalue weighted by Crippen LogP contribution is 2.26. The highest BCUT2D eigenvalue weighted by Gasteiger charge is 2.07. The van der Waals surface area contributed by atoms with Crippen LogP contribution in [0.3, 0.4) is 0 Å². The van der Waals surface area contributed by atoms with E-state index in [-0.39, 0.29) is 12.5 Å². The highest BCUT2D eigenvalue weighted by atomic mass is 32.2. The van der Waals surface area contributed by atoms with Crippen LogP contribution in [0, 0.1) is 6.92 Å². The maximum Gasteiger partial charge on any atom is 0.288 e. The van der Waals surface area contributed by atoms with Gasteiger partial charge in [0.2, 0.25) is 0 Å². The van der Waals surface area contributed by atoms with E-state index in [1.807, 2.05) is 25.1 Å². The fraction of sp³-hybridized carbons (Fsp3) is 0.188. The first kappa shape index (κ1) is 16.3. The minimum absolute atomic E-state index is 0.113. The Morgan fingerprint density at radius 1 is 1.18 bits per heavy atom. The van der Waals surface area contributed by atoms with E-state index in [4.69, 9.17) is 4.74 Å². The number of ether oxygens (including phenoxy) is 1. The number of halogens is 2. The van der Waals surface area contributed by atoms with Crippen molar-refractivity contribution in [3.8, 4) is 5.75 Å². The summed E-state index contributed by atoms with van der Waals surface area (Å²) in [5.74, 6) is -2.11. The van der Waals surface area contributed by atoms with Crippen molar-refractivity contribution in [1.82, 2.24) is 0 Å². The van der Waals surface area contributed by atoms with Crippen LogP contribution in [0.15, 0.2) is 53.4 Å². The molecule has 22 heavy (non-hydrogen) atoms. The lowest BCUT2D eigenvalue weighted by atomic mass is 10.2. The summed E-state index contributed by atoms with van der Waals surface area (Å²) in [5, 5.41) is 2.65. The predicted molar refractivity (Wildman–Crippen MR) is 83.6 cm³/mol. The van der Waals surface area contributed by atoms with Gasteiger partial charge in [-0.15, -0.1) is 0 Å².